The van der Waals surface area contributed by atoms with E-state index in [0.29, 0.717) is 5.02 Å². The SMILES string of the molecule is Cn1ncnc1Sc1ccc(CO)cc1Cl. The van der Waals surface area contributed by atoms with E-state index in [1.54, 1.807) is 10.7 Å². The lowest BCUT2D eigenvalue weighted by Gasteiger charge is -2.04. The molecule has 0 bridgehead atoms. The van der Waals surface area contributed by atoms with Gasteiger partial charge in [0.05, 0.1) is 11.6 Å². The molecule has 2 rings (SSSR count). The van der Waals surface area contributed by atoms with Crippen molar-refractivity contribution in [2.45, 2.75) is 16.7 Å². The van der Waals surface area contributed by atoms with Gasteiger partial charge in [0.1, 0.15) is 6.33 Å². The zero-order chi connectivity index (χ0) is 11.5. The van der Waals surface area contributed by atoms with Crippen LogP contribution < -0.4 is 0 Å². The molecule has 0 aliphatic rings. The molecule has 0 amide bonds. The Morgan fingerprint density at radius 1 is 1.50 bits per heavy atom. The highest BCUT2D eigenvalue weighted by Gasteiger charge is 2.07. The van der Waals surface area contributed by atoms with Gasteiger partial charge in [0.2, 0.25) is 0 Å². The molecule has 4 nitrogen and oxygen atoms in total. The van der Waals surface area contributed by atoms with Gasteiger partial charge < -0.3 is 5.11 Å². The summed E-state index contributed by atoms with van der Waals surface area (Å²) in [5.41, 5.74) is 0.798. The normalized spacial score (nSPS) is 10.7. The van der Waals surface area contributed by atoms with Crippen molar-refractivity contribution in [3.05, 3.63) is 35.1 Å². The maximum absolute atomic E-state index is 8.96. The van der Waals surface area contributed by atoms with Crippen molar-refractivity contribution in [3.63, 3.8) is 0 Å². The minimum absolute atomic E-state index is 0.00533. The van der Waals surface area contributed by atoms with E-state index in [0.717, 1.165) is 15.6 Å². The number of hydrogen-bond donors (Lipinski definition) is 1. The van der Waals surface area contributed by atoms with Crippen molar-refractivity contribution in [3.8, 4) is 0 Å². The first kappa shape index (κ1) is 11.4. The summed E-state index contributed by atoms with van der Waals surface area (Å²) in [6.07, 6.45) is 1.50. The van der Waals surface area contributed by atoms with Crippen LogP contribution in [-0.2, 0) is 13.7 Å². The van der Waals surface area contributed by atoms with Gasteiger partial charge in [0.15, 0.2) is 5.16 Å². The molecule has 0 fully saturated rings. The Balaban J connectivity index is 2.25. The Labute approximate surface area is 102 Å². The molecule has 0 saturated carbocycles. The smallest absolute Gasteiger partial charge is 0.190 e. The first-order chi connectivity index (χ1) is 7.70. The number of aromatic nitrogens is 3. The zero-order valence-electron chi connectivity index (χ0n) is 8.59. The van der Waals surface area contributed by atoms with Crippen molar-refractivity contribution >= 4 is 23.4 Å². The van der Waals surface area contributed by atoms with Crippen LogP contribution in [0.15, 0.2) is 34.6 Å². The summed E-state index contributed by atoms with van der Waals surface area (Å²) < 4.78 is 1.68. The van der Waals surface area contributed by atoms with Crippen LogP contribution in [0, 0.1) is 0 Å². The molecule has 1 heterocycles. The van der Waals surface area contributed by atoms with Crippen molar-refractivity contribution in [2.24, 2.45) is 7.05 Å². The number of aliphatic hydroxyl groups is 1. The number of halogens is 1. The molecule has 0 atom stereocenters. The number of rotatable bonds is 3. The predicted molar refractivity (Wildman–Crippen MR) is 62.5 cm³/mol. The van der Waals surface area contributed by atoms with Crippen LogP contribution in [0.4, 0.5) is 0 Å². The van der Waals surface area contributed by atoms with Crippen LogP contribution in [0.5, 0.6) is 0 Å². The van der Waals surface area contributed by atoms with Gasteiger partial charge in [-0.3, -0.25) is 0 Å². The third kappa shape index (κ3) is 2.37. The minimum Gasteiger partial charge on any atom is -0.392 e. The summed E-state index contributed by atoms with van der Waals surface area (Å²) in [4.78, 5) is 5.00. The molecule has 1 N–H and O–H groups in total. The standard InChI is InChI=1S/C10H10ClN3OS/c1-14-10(12-6-13-14)16-9-3-2-7(5-15)4-8(9)11/h2-4,6,15H,5H2,1H3. The predicted octanol–water partition coefficient (Wildman–Crippen LogP) is 2.11. The van der Waals surface area contributed by atoms with Crippen molar-refractivity contribution in [1.82, 2.24) is 14.8 Å². The fraction of sp³-hybridized carbons (Fsp3) is 0.200. The van der Waals surface area contributed by atoms with Crippen LogP contribution in [0.25, 0.3) is 0 Å². The van der Waals surface area contributed by atoms with Crippen LogP contribution in [-0.4, -0.2) is 19.9 Å². The molecule has 0 aliphatic carbocycles. The van der Waals surface area contributed by atoms with E-state index in [9.17, 15) is 0 Å². The third-order valence-electron chi connectivity index (χ3n) is 2.05. The van der Waals surface area contributed by atoms with Crippen LogP contribution >= 0.6 is 23.4 Å². The summed E-state index contributed by atoms with van der Waals surface area (Å²) in [5.74, 6) is 0. The van der Waals surface area contributed by atoms with E-state index < -0.39 is 0 Å². The number of aliphatic hydroxyl groups excluding tert-OH is 1. The molecule has 84 valence electrons. The molecule has 6 heteroatoms. The molecule has 0 aliphatic heterocycles. The van der Waals surface area contributed by atoms with Gasteiger partial charge in [0.25, 0.3) is 0 Å². The van der Waals surface area contributed by atoms with Gasteiger partial charge in [-0.15, -0.1) is 0 Å². The lowest BCUT2D eigenvalue weighted by Crippen LogP contribution is -1.92. The average molecular weight is 256 g/mol. The Morgan fingerprint density at radius 2 is 2.31 bits per heavy atom. The third-order valence-corrected chi connectivity index (χ3v) is 3.60. The van der Waals surface area contributed by atoms with Crippen LogP contribution in [0.2, 0.25) is 5.02 Å². The van der Waals surface area contributed by atoms with E-state index in [1.165, 1.54) is 18.1 Å². The van der Waals surface area contributed by atoms with Gasteiger partial charge in [0, 0.05) is 11.9 Å². The van der Waals surface area contributed by atoms with Gasteiger partial charge >= 0.3 is 0 Å². The van der Waals surface area contributed by atoms with Crippen molar-refractivity contribution < 1.29 is 5.11 Å². The molecule has 2 aromatic rings. The molecule has 0 unspecified atom stereocenters. The van der Waals surface area contributed by atoms with E-state index >= 15 is 0 Å². The monoisotopic (exact) mass is 255 g/mol. The second kappa shape index (κ2) is 4.86. The highest BCUT2D eigenvalue weighted by molar-refractivity contribution is 7.99. The second-order valence-electron chi connectivity index (χ2n) is 3.19. The maximum atomic E-state index is 8.96. The Hall–Kier alpha value is -1.04. The largest absolute Gasteiger partial charge is 0.392 e. The fourth-order valence-electron chi connectivity index (χ4n) is 1.20. The Bertz CT molecular complexity index is 501. The van der Waals surface area contributed by atoms with E-state index in [-0.39, 0.29) is 6.61 Å². The number of hydrogen-bond acceptors (Lipinski definition) is 4. The second-order valence-corrected chi connectivity index (χ2v) is 4.61. The first-order valence-corrected chi connectivity index (χ1v) is 5.81. The Kier molecular flexibility index (Phi) is 3.48. The molecule has 1 aromatic carbocycles. The lowest BCUT2D eigenvalue weighted by atomic mass is 10.2. The van der Waals surface area contributed by atoms with Crippen LogP contribution in [0.1, 0.15) is 5.56 Å². The molecule has 0 spiro atoms. The summed E-state index contributed by atoms with van der Waals surface area (Å²) in [5, 5.41) is 14.3. The fourth-order valence-corrected chi connectivity index (χ4v) is 2.29. The highest BCUT2D eigenvalue weighted by atomic mass is 35.5. The molecule has 0 saturated heterocycles. The summed E-state index contributed by atoms with van der Waals surface area (Å²) in [7, 11) is 1.82. The number of benzene rings is 1. The number of aryl methyl sites for hydroxylation is 1. The van der Waals surface area contributed by atoms with Gasteiger partial charge in [-0.25, -0.2) is 9.67 Å². The highest BCUT2D eigenvalue weighted by Crippen LogP contribution is 2.32. The van der Waals surface area contributed by atoms with Gasteiger partial charge in [-0.2, -0.15) is 5.10 Å². The zero-order valence-corrected chi connectivity index (χ0v) is 10.2. The summed E-state index contributed by atoms with van der Waals surface area (Å²) in [6.45, 7) is -0.00533. The van der Waals surface area contributed by atoms with E-state index in [4.69, 9.17) is 16.7 Å². The van der Waals surface area contributed by atoms with Crippen molar-refractivity contribution in [2.75, 3.05) is 0 Å². The summed E-state index contributed by atoms with van der Waals surface area (Å²) >= 11 is 7.53. The first-order valence-electron chi connectivity index (χ1n) is 4.62. The quantitative estimate of drug-likeness (QED) is 0.913. The topological polar surface area (TPSA) is 50.9 Å². The molecule has 0 radical (unpaired) electrons. The Morgan fingerprint density at radius 3 is 2.88 bits per heavy atom. The van der Waals surface area contributed by atoms with E-state index in [2.05, 4.69) is 10.1 Å². The minimum atomic E-state index is -0.00533. The maximum Gasteiger partial charge on any atom is 0.190 e. The average Bonchev–Trinajstić information content (AvgIpc) is 2.67. The molecule has 16 heavy (non-hydrogen) atoms. The summed E-state index contributed by atoms with van der Waals surface area (Å²) in [6, 6.07) is 5.46. The van der Waals surface area contributed by atoms with Gasteiger partial charge in [-0.05, 0) is 29.5 Å². The molecule has 1 aromatic heterocycles. The molecular weight excluding hydrogens is 246 g/mol. The lowest BCUT2D eigenvalue weighted by molar-refractivity contribution is 0.282. The number of nitrogens with zero attached hydrogens (tertiary/aromatic N) is 3. The van der Waals surface area contributed by atoms with Gasteiger partial charge in [-0.1, -0.05) is 17.7 Å². The van der Waals surface area contributed by atoms with Crippen molar-refractivity contribution in [1.29, 1.82) is 0 Å². The molecular formula is C10H10ClN3OS. The van der Waals surface area contributed by atoms with Crippen LogP contribution in [0.3, 0.4) is 0 Å². The van der Waals surface area contributed by atoms with E-state index in [1.807, 2.05) is 19.2 Å².